The molecule has 1 aliphatic heterocycles. The topological polar surface area (TPSA) is 75.7 Å². The first kappa shape index (κ1) is 24.4. The first-order valence-corrected chi connectivity index (χ1v) is 11.9. The number of likely N-dealkylation sites (tertiary alicyclic amines) is 1. The third-order valence-electron chi connectivity index (χ3n) is 6.54. The molecule has 0 saturated carbocycles. The molecule has 0 radical (unpaired) electrons. The Morgan fingerprint density at radius 1 is 0.886 bits per heavy atom. The minimum absolute atomic E-state index is 0.0516. The van der Waals surface area contributed by atoms with E-state index < -0.39 is 6.04 Å². The van der Waals surface area contributed by atoms with E-state index >= 15 is 0 Å². The van der Waals surface area contributed by atoms with Gasteiger partial charge in [0.05, 0.1) is 7.11 Å². The Labute approximate surface area is 205 Å². The van der Waals surface area contributed by atoms with Gasteiger partial charge in [0.25, 0.3) is 0 Å². The lowest BCUT2D eigenvalue weighted by atomic mass is 9.87. The van der Waals surface area contributed by atoms with E-state index in [2.05, 4.69) is 10.2 Å². The van der Waals surface area contributed by atoms with E-state index in [1.54, 1.807) is 43.5 Å². The number of piperidine rings is 1. The second-order valence-corrected chi connectivity index (χ2v) is 8.84. The molecule has 4 rings (SSSR count). The maximum Gasteiger partial charge on any atom is 0.246 e. The van der Waals surface area contributed by atoms with Gasteiger partial charge >= 0.3 is 0 Å². The molecule has 0 aromatic heterocycles. The SMILES string of the molecule is COc1ccc(C(=O)C2CCN(C(C(=O)Nc3cccc(C(C)=O)c3)c3ccccc3)CC2)cc1. The number of rotatable bonds is 8. The summed E-state index contributed by atoms with van der Waals surface area (Å²) in [6.07, 6.45) is 1.36. The van der Waals surface area contributed by atoms with Crippen LogP contribution in [0.1, 0.15) is 52.1 Å². The molecule has 0 aliphatic carbocycles. The van der Waals surface area contributed by atoms with Crippen LogP contribution in [0.15, 0.2) is 78.9 Å². The molecule has 1 N–H and O–H groups in total. The average Bonchev–Trinajstić information content (AvgIpc) is 2.89. The average molecular weight is 471 g/mol. The number of carbonyl (C=O) groups is 3. The summed E-state index contributed by atoms with van der Waals surface area (Å²) in [5.41, 5.74) is 2.73. The monoisotopic (exact) mass is 470 g/mol. The van der Waals surface area contributed by atoms with Gasteiger partial charge in [-0.1, -0.05) is 42.5 Å². The molecule has 6 nitrogen and oxygen atoms in total. The van der Waals surface area contributed by atoms with Crippen LogP contribution in [0.25, 0.3) is 0 Å². The number of nitrogens with one attached hydrogen (secondary N) is 1. The predicted molar refractivity (Wildman–Crippen MR) is 136 cm³/mol. The fourth-order valence-electron chi connectivity index (χ4n) is 4.60. The summed E-state index contributed by atoms with van der Waals surface area (Å²) in [6, 6.07) is 23.4. The summed E-state index contributed by atoms with van der Waals surface area (Å²) in [5.74, 6) is 0.573. The fraction of sp³-hybridized carbons (Fsp3) is 0.276. The van der Waals surface area contributed by atoms with E-state index in [1.165, 1.54) is 6.92 Å². The maximum atomic E-state index is 13.5. The van der Waals surface area contributed by atoms with Crippen LogP contribution in [0.4, 0.5) is 5.69 Å². The summed E-state index contributed by atoms with van der Waals surface area (Å²) < 4.78 is 5.19. The Morgan fingerprint density at radius 3 is 2.20 bits per heavy atom. The molecule has 1 saturated heterocycles. The van der Waals surface area contributed by atoms with Crippen LogP contribution in [0, 0.1) is 5.92 Å². The molecule has 3 aromatic carbocycles. The van der Waals surface area contributed by atoms with Gasteiger partial charge in [0.1, 0.15) is 11.8 Å². The van der Waals surface area contributed by atoms with E-state index in [0.29, 0.717) is 42.7 Å². The Kier molecular flexibility index (Phi) is 7.73. The summed E-state index contributed by atoms with van der Waals surface area (Å²) in [7, 11) is 1.60. The van der Waals surface area contributed by atoms with Crippen molar-refractivity contribution in [2.24, 2.45) is 5.92 Å². The second-order valence-electron chi connectivity index (χ2n) is 8.84. The van der Waals surface area contributed by atoms with Gasteiger partial charge in [0.15, 0.2) is 11.6 Å². The van der Waals surface area contributed by atoms with Crippen molar-refractivity contribution in [3.05, 3.63) is 95.6 Å². The lowest BCUT2D eigenvalue weighted by molar-refractivity contribution is -0.122. The molecule has 6 heteroatoms. The molecule has 1 aliphatic rings. The third-order valence-corrected chi connectivity index (χ3v) is 6.54. The van der Waals surface area contributed by atoms with Crippen LogP contribution in [0.3, 0.4) is 0 Å². The van der Waals surface area contributed by atoms with E-state index in [4.69, 9.17) is 4.74 Å². The number of Topliss-reactive ketones (excluding diaryl/α,β-unsaturated/α-hetero) is 2. The number of benzene rings is 3. The summed E-state index contributed by atoms with van der Waals surface area (Å²) >= 11 is 0. The lowest BCUT2D eigenvalue weighted by Crippen LogP contribution is -2.43. The van der Waals surface area contributed by atoms with Crippen molar-refractivity contribution in [1.82, 2.24) is 4.90 Å². The van der Waals surface area contributed by atoms with Gasteiger partial charge in [0.2, 0.25) is 5.91 Å². The van der Waals surface area contributed by atoms with Gasteiger partial charge in [-0.25, -0.2) is 0 Å². The first-order valence-electron chi connectivity index (χ1n) is 11.9. The molecule has 1 atom stereocenters. The molecule has 1 unspecified atom stereocenters. The molecule has 1 heterocycles. The Morgan fingerprint density at radius 2 is 1.57 bits per heavy atom. The van der Waals surface area contributed by atoms with Crippen LogP contribution in [0.5, 0.6) is 5.75 Å². The summed E-state index contributed by atoms with van der Waals surface area (Å²) in [4.78, 5) is 40.4. The molecule has 35 heavy (non-hydrogen) atoms. The zero-order valence-electron chi connectivity index (χ0n) is 20.1. The van der Waals surface area contributed by atoms with Gasteiger partial charge in [-0.2, -0.15) is 0 Å². The number of carbonyl (C=O) groups excluding carboxylic acids is 3. The highest BCUT2D eigenvalue weighted by Crippen LogP contribution is 2.30. The minimum Gasteiger partial charge on any atom is -0.497 e. The van der Waals surface area contributed by atoms with E-state index in [9.17, 15) is 14.4 Å². The highest BCUT2D eigenvalue weighted by atomic mass is 16.5. The number of anilines is 1. The van der Waals surface area contributed by atoms with E-state index in [0.717, 1.165) is 11.3 Å². The maximum absolute atomic E-state index is 13.5. The third kappa shape index (κ3) is 5.84. The smallest absolute Gasteiger partial charge is 0.246 e. The van der Waals surface area contributed by atoms with Crippen molar-refractivity contribution in [2.75, 3.05) is 25.5 Å². The minimum atomic E-state index is -0.491. The Bertz CT molecular complexity index is 1180. The molecule has 1 fully saturated rings. The van der Waals surface area contributed by atoms with E-state index in [1.807, 2.05) is 42.5 Å². The van der Waals surface area contributed by atoms with Crippen LogP contribution >= 0.6 is 0 Å². The number of amides is 1. The normalized spacial score (nSPS) is 15.3. The summed E-state index contributed by atoms with van der Waals surface area (Å²) in [6.45, 7) is 2.77. The molecular weight excluding hydrogens is 440 g/mol. The molecule has 0 bridgehead atoms. The van der Waals surface area contributed by atoms with Crippen molar-refractivity contribution in [3.63, 3.8) is 0 Å². The highest BCUT2D eigenvalue weighted by molar-refractivity contribution is 5.99. The Hall–Kier alpha value is -3.77. The highest BCUT2D eigenvalue weighted by Gasteiger charge is 2.33. The standard InChI is InChI=1S/C29H30N2O4/c1-20(32)24-9-6-10-25(19-24)30-29(34)27(21-7-4-3-5-8-21)31-17-15-23(16-18-31)28(33)22-11-13-26(35-2)14-12-22/h3-14,19,23,27H,15-18H2,1-2H3,(H,30,34). The molecule has 1 amide bonds. The second kappa shape index (κ2) is 11.1. The number of hydrogen-bond donors (Lipinski definition) is 1. The quantitative estimate of drug-likeness (QED) is 0.460. The van der Waals surface area contributed by atoms with Gasteiger partial charge < -0.3 is 10.1 Å². The van der Waals surface area contributed by atoms with Crippen molar-refractivity contribution in [1.29, 1.82) is 0 Å². The zero-order valence-corrected chi connectivity index (χ0v) is 20.1. The number of methoxy groups -OCH3 is 1. The Balaban J connectivity index is 1.48. The number of hydrogen-bond acceptors (Lipinski definition) is 5. The fourth-order valence-corrected chi connectivity index (χ4v) is 4.60. The van der Waals surface area contributed by atoms with Crippen LogP contribution in [-0.4, -0.2) is 42.6 Å². The van der Waals surface area contributed by atoms with Gasteiger partial charge in [-0.15, -0.1) is 0 Å². The molecule has 3 aromatic rings. The molecule has 0 spiro atoms. The van der Waals surface area contributed by atoms with Crippen molar-refractivity contribution >= 4 is 23.2 Å². The summed E-state index contributed by atoms with van der Waals surface area (Å²) in [5, 5.41) is 2.99. The largest absolute Gasteiger partial charge is 0.497 e. The van der Waals surface area contributed by atoms with Crippen molar-refractivity contribution < 1.29 is 19.1 Å². The number of nitrogens with zero attached hydrogens (tertiary/aromatic N) is 1. The van der Waals surface area contributed by atoms with Crippen LogP contribution in [0.2, 0.25) is 0 Å². The van der Waals surface area contributed by atoms with Gasteiger partial charge in [-0.3, -0.25) is 19.3 Å². The zero-order chi connectivity index (χ0) is 24.8. The van der Waals surface area contributed by atoms with Gasteiger partial charge in [0, 0.05) is 22.7 Å². The van der Waals surface area contributed by atoms with E-state index in [-0.39, 0.29) is 23.4 Å². The molecule has 180 valence electrons. The predicted octanol–water partition coefficient (Wildman–Crippen LogP) is 5.17. The van der Waals surface area contributed by atoms with Crippen molar-refractivity contribution in [3.8, 4) is 5.75 Å². The molecular formula is C29H30N2O4. The number of ether oxygens (including phenoxy) is 1. The number of ketones is 2. The van der Waals surface area contributed by atoms with Crippen LogP contribution < -0.4 is 10.1 Å². The van der Waals surface area contributed by atoms with Crippen molar-refractivity contribution in [2.45, 2.75) is 25.8 Å². The van der Waals surface area contributed by atoms with Crippen LogP contribution in [-0.2, 0) is 4.79 Å². The first-order chi connectivity index (χ1) is 17.0. The lowest BCUT2D eigenvalue weighted by Gasteiger charge is -2.36. The van der Waals surface area contributed by atoms with Gasteiger partial charge in [-0.05, 0) is 74.8 Å².